The number of rotatable bonds is 5. The summed E-state index contributed by atoms with van der Waals surface area (Å²) in [4.78, 5) is 22.3. The summed E-state index contributed by atoms with van der Waals surface area (Å²) in [5, 5.41) is 0. The van der Waals surface area contributed by atoms with Crippen LogP contribution in [0.1, 0.15) is 32.1 Å². The number of ether oxygens (including phenoxy) is 2. The van der Waals surface area contributed by atoms with Gasteiger partial charge in [0, 0.05) is 12.2 Å². The molecule has 1 rings (SSSR count). The quantitative estimate of drug-likeness (QED) is 0.434. The minimum Gasteiger partial charge on any atom is -0.459 e. The molecule has 0 radical (unpaired) electrons. The van der Waals surface area contributed by atoms with Gasteiger partial charge in [0.1, 0.15) is 6.10 Å². The zero-order valence-corrected chi connectivity index (χ0v) is 11.7. The van der Waals surface area contributed by atoms with Gasteiger partial charge in [0.25, 0.3) is 0 Å². The first-order valence-corrected chi connectivity index (χ1v) is 6.71. The maximum atomic E-state index is 13.1. The molecule has 23 heavy (non-hydrogen) atoms. The van der Waals surface area contributed by atoms with Crippen molar-refractivity contribution >= 4 is 11.9 Å². The molecule has 1 aliphatic carbocycles. The number of carbonyl (C=O) groups is 2. The second-order valence-corrected chi connectivity index (χ2v) is 4.89. The molecule has 0 aliphatic heterocycles. The van der Waals surface area contributed by atoms with E-state index in [-0.39, 0.29) is 12.2 Å². The van der Waals surface area contributed by atoms with Gasteiger partial charge in [-0.05, 0) is 25.7 Å². The topological polar surface area (TPSA) is 52.6 Å². The summed E-state index contributed by atoms with van der Waals surface area (Å²) >= 11 is 0. The summed E-state index contributed by atoms with van der Waals surface area (Å²) in [6.45, 7) is 0. The van der Waals surface area contributed by atoms with Crippen molar-refractivity contribution in [2.45, 2.75) is 56.7 Å². The average Bonchev–Trinajstić information content (AvgIpc) is 2.44. The molecule has 1 fully saturated rings. The van der Waals surface area contributed by atoms with Gasteiger partial charge >= 0.3 is 30.4 Å². The van der Waals surface area contributed by atoms with Gasteiger partial charge < -0.3 is 9.47 Å². The van der Waals surface area contributed by atoms with Crippen LogP contribution >= 0.6 is 0 Å². The van der Waals surface area contributed by atoms with Gasteiger partial charge in [-0.15, -0.1) is 0 Å². The number of hydrogen-bond acceptors (Lipinski definition) is 4. The van der Waals surface area contributed by atoms with E-state index in [0.29, 0.717) is 18.9 Å². The molecule has 10 heteroatoms. The van der Waals surface area contributed by atoms with Crippen LogP contribution < -0.4 is 0 Å². The zero-order chi connectivity index (χ0) is 17.7. The number of hydrogen-bond donors (Lipinski definition) is 0. The van der Waals surface area contributed by atoms with Crippen LogP contribution in [0.25, 0.3) is 0 Å². The largest absolute Gasteiger partial charge is 0.466 e. The van der Waals surface area contributed by atoms with Gasteiger partial charge in [-0.1, -0.05) is 6.42 Å². The number of carbonyl (C=O) groups excluding carboxylic acids is 2. The van der Waals surface area contributed by atoms with Gasteiger partial charge in [-0.25, -0.2) is 18.4 Å². The van der Waals surface area contributed by atoms with Gasteiger partial charge in [-0.3, -0.25) is 0 Å². The fourth-order valence-corrected chi connectivity index (χ4v) is 1.93. The summed E-state index contributed by atoms with van der Waals surface area (Å²) in [7, 11) is 0. The molecule has 1 aliphatic rings. The van der Waals surface area contributed by atoms with E-state index in [1.807, 2.05) is 0 Å². The Morgan fingerprint density at radius 2 is 1.48 bits per heavy atom. The molecule has 0 N–H and O–H groups in total. The molecule has 0 amide bonds. The molecule has 0 bridgehead atoms. The van der Waals surface area contributed by atoms with Crippen LogP contribution in [0, 0.1) is 0 Å². The Labute approximate surface area is 127 Å². The SMILES string of the molecule is O=C(/C=C/C(=O)OC(F)(C(F)F)C(F)(F)F)OC1CCCCC1. The fraction of sp³-hybridized carbons (Fsp3) is 0.692. The van der Waals surface area contributed by atoms with Crippen LogP contribution in [0.3, 0.4) is 0 Å². The van der Waals surface area contributed by atoms with Crippen molar-refractivity contribution in [1.29, 1.82) is 0 Å². The van der Waals surface area contributed by atoms with Gasteiger partial charge in [-0.2, -0.15) is 17.6 Å². The van der Waals surface area contributed by atoms with E-state index in [9.17, 15) is 35.9 Å². The lowest BCUT2D eigenvalue weighted by atomic mass is 9.98. The molecule has 1 unspecified atom stereocenters. The molecule has 0 heterocycles. The Morgan fingerprint density at radius 3 is 1.96 bits per heavy atom. The molecular weight excluding hydrogens is 334 g/mol. The predicted octanol–water partition coefficient (Wildman–Crippen LogP) is 3.45. The molecule has 1 atom stereocenters. The number of esters is 2. The highest BCUT2D eigenvalue weighted by atomic mass is 19.4. The second kappa shape index (κ2) is 7.69. The Bertz CT molecular complexity index is 456. The standard InChI is InChI=1S/C13H14F6O4/c14-11(15)12(16,13(17,18)19)23-10(21)7-6-9(20)22-8-4-2-1-3-5-8/h6-8,11H,1-5H2/b7-6+. The Balaban J connectivity index is 2.58. The van der Waals surface area contributed by atoms with E-state index in [1.165, 1.54) is 0 Å². The van der Waals surface area contributed by atoms with Crippen molar-refractivity contribution in [2.75, 3.05) is 0 Å². The molecule has 0 spiro atoms. The minimum absolute atomic E-state index is 0.105. The summed E-state index contributed by atoms with van der Waals surface area (Å²) in [5.74, 6) is -8.57. The summed E-state index contributed by atoms with van der Waals surface area (Å²) in [6, 6.07) is 0. The van der Waals surface area contributed by atoms with Crippen molar-refractivity contribution < 1.29 is 45.4 Å². The first-order chi connectivity index (χ1) is 10.6. The maximum absolute atomic E-state index is 13.1. The molecule has 0 aromatic rings. The molecular formula is C13H14F6O4. The third-order valence-corrected chi connectivity index (χ3v) is 3.11. The fourth-order valence-electron chi connectivity index (χ4n) is 1.93. The van der Waals surface area contributed by atoms with E-state index in [0.717, 1.165) is 19.3 Å². The lowest BCUT2D eigenvalue weighted by molar-refractivity contribution is -0.354. The van der Waals surface area contributed by atoms with Crippen LogP contribution in [0.5, 0.6) is 0 Å². The third-order valence-electron chi connectivity index (χ3n) is 3.11. The normalized spacial score (nSPS) is 19.6. The highest BCUT2D eigenvalue weighted by molar-refractivity contribution is 5.91. The number of halogens is 6. The van der Waals surface area contributed by atoms with Crippen LogP contribution in [0.2, 0.25) is 0 Å². The van der Waals surface area contributed by atoms with Gasteiger partial charge in [0.2, 0.25) is 0 Å². The van der Waals surface area contributed by atoms with Gasteiger partial charge in [0.05, 0.1) is 0 Å². The Morgan fingerprint density at radius 1 is 0.957 bits per heavy atom. The second-order valence-electron chi connectivity index (χ2n) is 4.89. The Hall–Kier alpha value is -1.74. The van der Waals surface area contributed by atoms with E-state index in [4.69, 9.17) is 4.74 Å². The van der Waals surface area contributed by atoms with Crippen molar-refractivity contribution in [1.82, 2.24) is 0 Å². The first kappa shape index (κ1) is 19.3. The van der Waals surface area contributed by atoms with Crippen molar-refractivity contribution in [2.24, 2.45) is 0 Å². The lowest BCUT2D eigenvalue weighted by Gasteiger charge is -2.25. The van der Waals surface area contributed by atoms with Crippen molar-refractivity contribution in [3.05, 3.63) is 12.2 Å². The summed E-state index contributed by atoms with van der Waals surface area (Å²) in [5.41, 5.74) is 0. The van der Waals surface area contributed by atoms with Gasteiger partial charge in [0.15, 0.2) is 0 Å². The number of alkyl halides is 6. The lowest BCUT2D eigenvalue weighted by Crippen LogP contribution is -2.50. The van der Waals surface area contributed by atoms with Crippen LogP contribution in [0.4, 0.5) is 26.3 Å². The highest BCUT2D eigenvalue weighted by Gasteiger charge is 2.66. The smallest absolute Gasteiger partial charge is 0.459 e. The van der Waals surface area contributed by atoms with E-state index < -0.39 is 30.4 Å². The zero-order valence-electron chi connectivity index (χ0n) is 11.7. The predicted molar refractivity (Wildman–Crippen MR) is 64.1 cm³/mol. The maximum Gasteiger partial charge on any atom is 0.466 e. The van der Waals surface area contributed by atoms with Crippen LogP contribution in [0.15, 0.2) is 12.2 Å². The highest BCUT2D eigenvalue weighted by Crippen LogP contribution is 2.40. The molecule has 132 valence electrons. The van der Waals surface area contributed by atoms with E-state index in [2.05, 4.69) is 4.74 Å². The van der Waals surface area contributed by atoms with E-state index in [1.54, 1.807) is 0 Å². The third kappa shape index (κ3) is 5.43. The summed E-state index contributed by atoms with van der Waals surface area (Å²) < 4.78 is 82.0. The first-order valence-electron chi connectivity index (χ1n) is 6.71. The van der Waals surface area contributed by atoms with E-state index >= 15 is 0 Å². The molecule has 4 nitrogen and oxygen atoms in total. The van der Waals surface area contributed by atoms with Crippen molar-refractivity contribution in [3.63, 3.8) is 0 Å². The average molecular weight is 348 g/mol. The Kier molecular flexibility index (Phi) is 6.46. The van der Waals surface area contributed by atoms with Crippen molar-refractivity contribution in [3.8, 4) is 0 Å². The summed E-state index contributed by atoms with van der Waals surface area (Å²) in [6.07, 6.45) is -6.74. The molecule has 0 aromatic heterocycles. The monoisotopic (exact) mass is 348 g/mol. The van der Waals surface area contributed by atoms with Crippen LogP contribution in [-0.4, -0.2) is 36.5 Å². The molecule has 0 aromatic carbocycles. The minimum atomic E-state index is -6.12. The molecule has 1 saturated carbocycles. The van der Waals surface area contributed by atoms with Crippen LogP contribution in [-0.2, 0) is 19.1 Å². The molecule has 0 saturated heterocycles.